The van der Waals surface area contributed by atoms with E-state index in [1.165, 1.54) is 12.1 Å². The van der Waals surface area contributed by atoms with Crippen molar-refractivity contribution in [2.45, 2.75) is 42.5 Å². The van der Waals surface area contributed by atoms with Crippen molar-refractivity contribution in [3.63, 3.8) is 0 Å². The molecule has 2 aliphatic carbocycles. The number of carbonyl (C=O) groups excluding carboxylic acids is 1. The third-order valence-corrected chi connectivity index (χ3v) is 6.84. The van der Waals surface area contributed by atoms with Crippen molar-refractivity contribution in [2.75, 3.05) is 11.1 Å². The molecule has 3 N–H and O–H groups in total. The molecule has 4 rings (SSSR count). The van der Waals surface area contributed by atoms with Crippen LogP contribution in [0.15, 0.2) is 39.8 Å². The molecule has 0 radical (unpaired) electrons. The summed E-state index contributed by atoms with van der Waals surface area (Å²) in [5, 5.41) is 6.50. The van der Waals surface area contributed by atoms with Crippen LogP contribution in [-0.4, -0.2) is 31.3 Å². The first-order valence-electron chi connectivity index (χ1n) is 8.77. The van der Waals surface area contributed by atoms with Gasteiger partial charge in [0, 0.05) is 23.7 Å². The summed E-state index contributed by atoms with van der Waals surface area (Å²) in [6, 6.07) is 7.99. The standard InChI is InChI=1S/C18H21N3O4S/c19-13-7-11(8-13)10-26(23,24)15-5-3-14(4-6-15)20-18(22)16-9-17(25-21-16)12-1-2-12/h3-6,9,11-13H,1-2,7-8,10,19H2,(H,20,22). The Labute approximate surface area is 151 Å². The van der Waals surface area contributed by atoms with Gasteiger partial charge in [-0.3, -0.25) is 4.79 Å². The first-order chi connectivity index (χ1) is 12.4. The maximum absolute atomic E-state index is 12.4. The Bertz CT molecular complexity index is 910. The number of nitrogens with one attached hydrogen (secondary N) is 1. The summed E-state index contributed by atoms with van der Waals surface area (Å²) in [5.41, 5.74) is 6.45. The molecule has 0 atom stereocenters. The molecular formula is C18H21N3O4S. The number of benzene rings is 1. The molecule has 7 nitrogen and oxygen atoms in total. The van der Waals surface area contributed by atoms with Crippen molar-refractivity contribution in [3.8, 4) is 0 Å². The molecule has 2 aliphatic rings. The highest BCUT2D eigenvalue weighted by atomic mass is 32.2. The molecule has 2 fully saturated rings. The molecule has 2 saturated carbocycles. The number of anilines is 1. The summed E-state index contributed by atoms with van der Waals surface area (Å²) in [6.07, 6.45) is 3.65. The van der Waals surface area contributed by atoms with Crippen molar-refractivity contribution >= 4 is 21.4 Å². The van der Waals surface area contributed by atoms with Crippen LogP contribution in [0.5, 0.6) is 0 Å². The van der Waals surface area contributed by atoms with Crippen molar-refractivity contribution < 1.29 is 17.7 Å². The Hall–Kier alpha value is -2.19. The highest BCUT2D eigenvalue weighted by molar-refractivity contribution is 7.91. The van der Waals surface area contributed by atoms with Crippen molar-refractivity contribution in [1.29, 1.82) is 0 Å². The lowest BCUT2D eigenvalue weighted by Crippen LogP contribution is -2.39. The SMILES string of the molecule is NC1CC(CS(=O)(=O)c2ccc(NC(=O)c3cc(C4CC4)on3)cc2)C1. The molecule has 0 bridgehead atoms. The Morgan fingerprint density at radius 3 is 2.54 bits per heavy atom. The van der Waals surface area contributed by atoms with Crippen molar-refractivity contribution in [2.24, 2.45) is 11.7 Å². The first-order valence-corrected chi connectivity index (χ1v) is 10.4. The maximum atomic E-state index is 12.4. The van der Waals surface area contributed by atoms with Gasteiger partial charge in [-0.2, -0.15) is 0 Å². The van der Waals surface area contributed by atoms with E-state index in [2.05, 4.69) is 10.5 Å². The molecule has 1 aromatic carbocycles. The smallest absolute Gasteiger partial charge is 0.277 e. The van der Waals surface area contributed by atoms with Gasteiger partial charge in [0.05, 0.1) is 10.6 Å². The second-order valence-electron chi connectivity index (χ2n) is 7.25. The average molecular weight is 375 g/mol. The summed E-state index contributed by atoms with van der Waals surface area (Å²) in [7, 11) is -3.34. The van der Waals surface area contributed by atoms with Crippen LogP contribution < -0.4 is 11.1 Å². The summed E-state index contributed by atoms with van der Waals surface area (Å²) in [6.45, 7) is 0. The third kappa shape index (κ3) is 3.66. The van der Waals surface area contributed by atoms with Crippen LogP contribution in [0, 0.1) is 5.92 Å². The fraction of sp³-hybridized carbons (Fsp3) is 0.444. The number of nitrogens with zero attached hydrogens (tertiary/aromatic N) is 1. The van der Waals surface area contributed by atoms with Crippen LogP contribution in [0.1, 0.15) is 47.8 Å². The van der Waals surface area contributed by atoms with E-state index >= 15 is 0 Å². The summed E-state index contributed by atoms with van der Waals surface area (Å²) in [5.74, 6) is 1.02. The molecule has 0 unspecified atom stereocenters. The highest BCUT2D eigenvalue weighted by Gasteiger charge is 2.31. The predicted octanol–water partition coefficient (Wildman–Crippen LogP) is 2.32. The zero-order chi connectivity index (χ0) is 18.3. The maximum Gasteiger partial charge on any atom is 0.277 e. The van der Waals surface area contributed by atoms with Gasteiger partial charge in [0.1, 0.15) is 5.76 Å². The fourth-order valence-corrected chi connectivity index (χ4v) is 4.86. The number of nitrogens with two attached hydrogens (primary N) is 1. The predicted molar refractivity (Wildman–Crippen MR) is 95.6 cm³/mol. The van der Waals surface area contributed by atoms with Gasteiger partial charge in [0.2, 0.25) is 0 Å². The second kappa shape index (κ2) is 6.51. The summed E-state index contributed by atoms with van der Waals surface area (Å²) >= 11 is 0. The van der Waals surface area contributed by atoms with Gasteiger partial charge in [0.15, 0.2) is 15.5 Å². The molecule has 1 aromatic heterocycles. The molecule has 1 amide bonds. The lowest BCUT2D eigenvalue weighted by molar-refractivity contribution is 0.101. The molecule has 138 valence electrons. The largest absolute Gasteiger partial charge is 0.360 e. The van der Waals surface area contributed by atoms with E-state index in [4.69, 9.17) is 10.3 Å². The lowest BCUT2D eigenvalue weighted by atomic mass is 9.82. The van der Waals surface area contributed by atoms with Gasteiger partial charge in [-0.1, -0.05) is 5.16 Å². The number of amides is 1. The molecule has 0 saturated heterocycles. The van der Waals surface area contributed by atoms with Crippen LogP contribution in [0.25, 0.3) is 0 Å². The third-order valence-electron chi connectivity index (χ3n) is 4.94. The van der Waals surface area contributed by atoms with Crippen LogP contribution in [0.4, 0.5) is 5.69 Å². The Morgan fingerprint density at radius 1 is 1.23 bits per heavy atom. The normalized spacial score (nSPS) is 22.7. The number of carbonyl (C=O) groups is 1. The quantitative estimate of drug-likeness (QED) is 0.800. The number of aromatic nitrogens is 1. The summed E-state index contributed by atoms with van der Waals surface area (Å²) < 4.78 is 30.0. The van der Waals surface area contributed by atoms with E-state index in [1.807, 2.05) is 0 Å². The fourth-order valence-electron chi connectivity index (χ4n) is 3.23. The Kier molecular flexibility index (Phi) is 4.32. The van der Waals surface area contributed by atoms with Crippen LogP contribution >= 0.6 is 0 Å². The lowest BCUT2D eigenvalue weighted by Gasteiger charge is -2.31. The monoisotopic (exact) mass is 375 g/mol. The van der Waals surface area contributed by atoms with Crippen molar-refractivity contribution in [1.82, 2.24) is 5.16 Å². The Balaban J connectivity index is 1.39. The van der Waals surface area contributed by atoms with Crippen LogP contribution in [0.2, 0.25) is 0 Å². The molecule has 8 heteroatoms. The Morgan fingerprint density at radius 2 is 1.92 bits per heavy atom. The number of hydrogen-bond donors (Lipinski definition) is 2. The number of rotatable bonds is 6. The van der Waals surface area contributed by atoms with Gasteiger partial charge in [-0.15, -0.1) is 0 Å². The molecule has 1 heterocycles. The highest BCUT2D eigenvalue weighted by Crippen LogP contribution is 2.40. The van der Waals surface area contributed by atoms with Gasteiger partial charge in [0.25, 0.3) is 5.91 Å². The molecule has 0 spiro atoms. The van der Waals surface area contributed by atoms with E-state index in [1.54, 1.807) is 18.2 Å². The zero-order valence-corrected chi connectivity index (χ0v) is 15.0. The first kappa shape index (κ1) is 17.2. The minimum Gasteiger partial charge on any atom is -0.360 e. The van der Waals surface area contributed by atoms with Gasteiger partial charge >= 0.3 is 0 Å². The topological polar surface area (TPSA) is 115 Å². The van der Waals surface area contributed by atoms with E-state index in [-0.39, 0.29) is 34.2 Å². The van der Waals surface area contributed by atoms with E-state index < -0.39 is 9.84 Å². The summed E-state index contributed by atoms with van der Waals surface area (Å²) in [4.78, 5) is 12.5. The number of hydrogen-bond acceptors (Lipinski definition) is 6. The van der Waals surface area contributed by atoms with Gasteiger partial charge in [-0.25, -0.2) is 8.42 Å². The zero-order valence-electron chi connectivity index (χ0n) is 14.2. The average Bonchev–Trinajstić information content (AvgIpc) is 3.30. The van der Waals surface area contributed by atoms with Crippen molar-refractivity contribution in [3.05, 3.63) is 41.8 Å². The van der Waals surface area contributed by atoms with E-state index in [9.17, 15) is 13.2 Å². The minimum atomic E-state index is -3.34. The second-order valence-corrected chi connectivity index (χ2v) is 9.28. The van der Waals surface area contributed by atoms with Crippen LogP contribution in [-0.2, 0) is 9.84 Å². The number of sulfone groups is 1. The molecular weight excluding hydrogens is 354 g/mol. The minimum absolute atomic E-state index is 0.120. The molecule has 26 heavy (non-hydrogen) atoms. The van der Waals surface area contributed by atoms with Gasteiger partial charge < -0.3 is 15.6 Å². The molecule has 2 aromatic rings. The van der Waals surface area contributed by atoms with E-state index in [0.717, 1.165) is 31.4 Å². The van der Waals surface area contributed by atoms with E-state index in [0.29, 0.717) is 11.6 Å². The molecule has 0 aliphatic heterocycles. The van der Waals surface area contributed by atoms with Gasteiger partial charge in [-0.05, 0) is 55.9 Å². The van der Waals surface area contributed by atoms with Crippen LogP contribution in [0.3, 0.4) is 0 Å².